The highest BCUT2D eigenvalue weighted by atomic mass is 16.5. The van der Waals surface area contributed by atoms with Gasteiger partial charge in [-0.15, -0.1) is 0 Å². The molecule has 1 unspecified atom stereocenters. The summed E-state index contributed by atoms with van der Waals surface area (Å²) in [6.45, 7) is 1.07. The van der Waals surface area contributed by atoms with Crippen LogP contribution in [0.3, 0.4) is 0 Å². The van der Waals surface area contributed by atoms with E-state index in [4.69, 9.17) is 4.74 Å². The van der Waals surface area contributed by atoms with Crippen molar-refractivity contribution in [3.8, 4) is 11.1 Å². The minimum atomic E-state index is -0.581. The molecule has 0 fully saturated rings. The Balaban J connectivity index is 1.56. The lowest BCUT2D eigenvalue weighted by Crippen LogP contribution is -2.41. The fourth-order valence-corrected chi connectivity index (χ4v) is 4.63. The molecule has 0 spiro atoms. The van der Waals surface area contributed by atoms with Crippen molar-refractivity contribution >= 4 is 17.8 Å². The van der Waals surface area contributed by atoms with Crippen LogP contribution in [0.15, 0.2) is 48.5 Å². The number of nitrogens with one attached hydrogen (secondary N) is 3. The number of unbranched alkanes of at least 4 members (excludes halogenated alkanes) is 2. The highest BCUT2D eigenvalue weighted by Gasteiger charge is 2.29. The summed E-state index contributed by atoms with van der Waals surface area (Å²) >= 11 is 0. The summed E-state index contributed by atoms with van der Waals surface area (Å²) in [4.78, 5) is 37.0. The molecule has 1 aliphatic rings. The van der Waals surface area contributed by atoms with Crippen LogP contribution in [-0.2, 0) is 14.3 Å². The smallest absolute Gasteiger partial charge is 0.407 e. The highest BCUT2D eigenvalue weighted by molar-refractivity contribution is 5.87. The van der Waals surface area contributed by atoms with Crippen molar-refractivity contribution in [2.75, 3.05) is 27.2 Å². The lowest BCUT2D eigenvalue weighted by molar-refractivity contribution is -0.122. The van der Waals surface area contributed by atoms with Gasteiger partial charge in [-0.3, -0.25) is 9.59 Å². The second-order valence-corrected chi connectivity index (χ2v) is 8.97. The molecule has 3 N–H and O–H groups in total. The van der Waals surface area contributed by atoms with Crippen LogP contribution in [0.1, 0.15) is 62.0 Å². The van der Waals surface area contributed by atoms with Crippen molar-refractivity contribution in [3.63, 3.8) is 0 Å². The molecule has 1 atom stereocenters. The number of Topliss-reactive ketones (excluding diaryl/α,β-unsaturated/α-hetero) is 1. The van der Waals surface area contributed by atoms with Crippen LogP contribution in [-0.4, -0.2) is 51.1 Å². The van der Waals surface area contributed by atoms with Gasteiger partial charge in [0.2, 0.25) is 5.91 Å². The van der Waals surface area contributed by atoms with E-state index in [1.807, 2.05) is 31.3 Å². The summed E-state index contributed by atoms with van der Waals surface area (Å²) in [5.41, 5.74) is 4.65. The van der Waals surface area contributed by atoms with Crippen molar-refractivity contribution in [2.24, 2.45) is 0 Å². The number of ketones is 1. The van der Waals surface area contributed by atoms with Crippen LogP contribution in [0, 0.1) is 0 Å². The molecule has 188 valence electrons. The minimum Gasteiger partial charge on any atom is -0.449 e. The Morgan fingerprint density at radius 1 is 0.857 bits per heavy atom. The van der Waals surface area contributed by atoms with E-state index in [1.165, 1.54) is 11.1 Å². The Morgan fingerprint density at radius 2 is 1.49 bits per heavy atom. The van der Waals surface area contributed by atoms with Gasteiger partial charge < -0.3 is 20.7 Å². The molecule has 1 aliphatic carbocycles. The van der Waals surface area contributed by atoms with Gasteiger partial charge in [0, 0.05) is 25.8 Å². The van der Waals surface area contributed by atoms with E-state index in [9.17, 15) is 14.4 Å². The molecule has 0 saturated heterocycles. The average Bonchev–Trinajstić information content (AvgIpc) is 3.20. The normalized spacial score (nSPS) is 13.0. The predicted octanol–water partition coefficient (Wildman–Crippen LogP) is 4.16. The van der Waals surface area contributed by atoms with Crippen LogP contribution in [0.5, 0.6) is 0 Å². The molecule has 0 radical (unpaired) electrons. The number of amides is 2. The third-order valence-electron chi connectivity index (χ3n) is 6.55. The van der Waals surface area contributed by atoms with Gasteiger partial charge in [-0.05, 0) is 68.0 Å². The van der Waals surface area contributed by atoms with Crippen molar-refractivity contribution < 1.29 is 19.1 Å². The Morgan fingerprint density at radius 3 is 2.11 bits per heavy atom. The topological polar surface area (TPSA) is 96.5 Å². The monoisotopic (exact) mass is 479 g/mol. The number of alkyl carbamates (subject to hydrolysis) is 1. The van der Waals surface area contributed by atoms with E-state index in [0.29, 0.717) is 32.1 Å². The number of hydrogen-bond donors (Lipinski definition) is 3. The van der Waals surface area contributed by atoms with Gasteiger partial charge in [0.1, 0.15) is 6.61 Å². The SMILES string of the molecule is CNCCCCC(NC(=O)OCC1c2ccccc2-c2ccccc21)C(=O)CCCCC(=O)NC. The Hall–Kier alpha value is -3.19. The molecule has 3 rings (SSSR count). The molecule has 0 saturated carbocycles. The Bertz CT molecular complexity index is 962. The lowest BCUT2D eigenvalue weighted by atomic mass is 9.98. The van der Waals surface area contributed by atoms with E-state index in [0.717, 1.165) is 30.5 Å². The molecule has 0 bridgehead atoms. The molecule has 2 amide bonds. The maximum atomic E-state index is 12.9. The number of fused-ring (bicyclic) bond motifs is 3. The van der Waals surface area contributed by atoms with Crippen molar-refractivity contribution in [2.45, 2.75) is 56.9 Å². The highest BCUT2D eigenvalue weighted by Crippen LogP contribution is 2.44. The number of ether oxygens (including phenoxy) is 1. The fraction of sp³-hybridized carbons (Fsp3) is 0.464. The number of hydrogen-bond acceptors (Lipinski definition) is 5. The molecular weight excluding hydrogens is 442 g/mol. The second-order valence-electron chi connectivity index (χ2n) is 8.97. The first-order valence-electron chi connectivity index (χ1n) is 12.5. The summed E-state index contributed by atoms with van der Waals surface area (Å²) in [6, 6.07) is 15.8. The van der Waals surface area contributed by atoms with Crippen LogP contribution in [0.2, 0.25) is 0 Å². The zero-order valence-electron chi connectivity index (χ0n) is 20.8. The third-order valence-corrected chi connectivity index (χ3v) is 6.55. The zero-order valence-corrected chi connectivity index (χ0v) is 20.8. The summed E-state index contributed by atoms with van der Waals surface area (Å²) in [5.74, 6) is -0.0691. The largest absolute Gasteiger partial charge is 0.449 e. The Labute approximate surface area is 208 Å². The van der Waals surface area contributed by atoms with Gasteiger partial charge in [0.05, 0.1) is 6.04 Å². The van der Waals surface area contributed by atoms with Gasteiger partial charge in [0.25, 0.3) is 0 Å². The van der Waals surface area contributed by atoms with E-state index < -0.39 is 12.1 Å². The van der Waals surface area contributed by atoms with E-state index in [2.05, 4.69) is 40.2 Å². The molecule has 35 heavy (non-hydrogen) atoms. The molecule has 0 aromatic heterocycles. The van der Waals surface area contributed by atoms with Crippen LogP contribution in [0.4, 0.5) is 4.79 Å². The van der Waals surface area contributed by atoms with Gasteiger partial charge in [-0.25, -0.2) is 4.79 Å². The van der Waals surface area contributed by atoms with Gasteiger partial charge in [0.15, 0.2) is 5.78 Å². The maximum absolute atomic E-state index is 12.9. The summed E-state index contributed by atoms with van der Waals surface area (Å²) in [5, 5.41) is 8.51. The predicted molar refractivity (Wildman–Crippen MR) is 137 cm³/mol. The van der Waals surface area contributed by atoms with E-state index in [1.54, 1.807) is 7.05 Å². The number of rotatable bonds is 14. The number of carbonyl (C=O) groups excluding carboxylic acids is 3. The molecular formula is C28H37N3O4. The quantitative estimate of drug-likeness (QED) is 0.354. The third kappa shape index (κ3) is 7.39. The fourth-order valence-electron chi connectivity index (χ4n) is 4.63. The summed E-state index contributed by atoms with van der Waals surface area (Å²) in [7, 11) is 3.50. The van der Waals surface area contributed by atoms with Crippen LogP contribution >= 0.6 is 0 Å². The van der Waals surface area contributed by atoms with Crippen molar-refractivity contribution in [1.29, 1.82) is 0 Å². The van der Waals surface area contributed by atoms with Gasteiger partial charge in [-0.1, -0.05) is 48.5 Å². The van der Waals surface area contributed by atoms with E-state index >= 15 is 0 Å². The molecule has 2 aromatic carbocycles. The first-order chi connectivity index (χ1) is 17.0. The molecule has 7 heteroatoms. The standard InChI is InChI=1S/C28H37N3O4/c1-29-18-10-9-15-25(26(32)16-7-8-17-27(33)30-2)31-28(34)35-19-24-22-13-5-3-11-20(22)21-12-4-6-14-23(21)24/h3-6,11-14,24-25,29H,7-10,15-19H2,1-2H3,(H,30,33)(H,31,34). The first kappa shape index (κ1) is 26.4. The van der Waals surface area contributed by atoms with Crippen LogP contribution < -0.4 is 16.0 Å². The van der Waals surface area contributed by atoms with E-state index in [-0.39, 0.29) is 24.2 Å². The Kier molecular flexibility index (Phi) is 10.3. The first-order valence-corrected chi connectivity index (χ1v) is 12.5. The summed E-state index contributed by atoms with van der Waals surface area (Å²) in [6.07, 6.45) is 3.73. The van der Waals surface area contributed by atoms with Crippen LogP contribution in [0.25, 0.3) is 11.1 Å². The number of carbonyl (C=O) groups is 3. The molecule has 2 aromatic rings. The average molecular weight is 480 g/mol. The zero-order chi connectivity index (χ0) is 25.0. The lowest BCUT2D eigenvalue weighted by Gasteiger charge is -2.19. The maximum Gasteiger partial charge on any atom is 0.407 e. The van der Waals surface area contributed by atoms with Gasteiger partial charge in [-0.2, -0.15) is 0 Å². The van der Waals surface area contributed by atoms with Crippen molar-refractivity contribution in [3.05, 3.63) is 59.7 Å². The summed E-state index contributed by atoms with van der Waals surface area (Å²) < 4.78 is 5.65. The van der Waals surface area contributed by atoms with Crippen molar-refractivity contribution in [1.82, 2.24) is 16.0 Å². The number of benzene rings is 2. The molecule has 0 heterocycles. The molecule has 0 aliphatic heterocycles. The minimum absolute atomic E-state index is 0.0140. The second kappa shape index (κ2) is 13.6. The van der Waals surface area contributed by atoms with Gasteiger partial charge >= 0.3 is 6.09 Å². The molecule has 7 nitrogen and oxygen atoms in total.